The number of benzene rings is 2. The number of nitrogens with one attached hydrogen (secondary N) is 1. The molecule has 0 unspecified atom stereocenters. The van der Waals surface area contributed by atoms with Gasteiger partial charge in [-0.05, 0) is 57.0 Å². The van der Waals surface area contributed by atoms with E-state index in [0.717, 1.165) is 11.3 Å². The monoisotopic (exact) mass is 458 g/mol. The van der Waals surface area contributed by atoms with Crippen LogP contribution in [0.5, 0.6) is 11.5 Å². The number of sulfonamides is 1. The maximum absolute atomic E-state index is 13.1. The molecule has 0 saturated carbocycles. The Kier molecular flexibility index (Phi) is 6.18. The average molecular weight is 459 g/mol. The maximum atomic E-state index is 13.1. The Balaban J connectivity index is 1.39. The number of hydrogen-bond donors (Lipinski definition) is 1. The minimum absolute atomic E-state index is 0.0241. The molecule has 0 aromatic heterocycles. The van der Waals surface area contributed by atoms with Gasteiger partial charge < -0.3 is 14.8 Å². The van der Waals surface area contributed by atoms with Crippen molar-refractivity contribution in [2.24, 2.45) is 5.92 Å². The highest BCUT2D eigenvalue weighted by molar-refractivity contribution is 7.89. The number of para-hydroxylation sites is 1. The summed E-state index contributed by atoms with van der Waals surface area (Å²) in [5.74, 6) is 1.17. The summed E-state index contributed by atoms with van der Waals surface area (Å²) >= 11 is 0. The molecule has 2 heterocycles. The summed E-state index contributed by atoms with van der Waals surface area (Å²) in [5.41, 5.74) is 0.613. The molecule has 4 rings (SSSR count). The molecule has 8 heteroatoms. The summed E-state index contributed by atoms with van der Waals surface area (Å²) in [6.45, 7) is 4.68. The van der Waals surface area contributed by atoms with Gasteiger partial charge in [-0.2, -0.15) is 4.31 Å². The zero-order valence-electron chi connectivity index (χ0n) is 18.7. The Morgan fingerprint density at radius 1 is 1.09 bits per heavy atom. The lowest BCUT2D eigenvalue weighted by Gasteiger charge is -2.39. The predicted octanol–water partition coefficient (Wildman–Crippen LogP) is 3.51. The van der Waals surface area contributed by atoms with Crippen LogP contribution >= 0.6 is 0 Å². The number of carbonyl (C=O) groups is 1. The second-order valence-corrected chi connectivity index (χ2v) is 11.0. The Hall–Kier alpha value is -2.58. The third-order valence-electron chi connectivity index (χ3n) is 6.21. The van der Waals surface area contributed by atoms with Gasteiger partial charge in [0.25, 0.3) is 0 Å². The number of hydrogen-bond acceptors (Lipinski definition) is 5. The molecule has 1 N–H and O–H groups in total. The van der Waals surface area contributed by atoms with Crippen LogP contribution in [0.15, 0.2) is 53.4 Å². The molecule has 0 bridgehead atoms. The van der Waals surface area contributed by atoms with Gasteiger partial charge in [0.1, 0.15) is 17.1 Å². The van der Waals surface area contributed by atoms with Crippen LogP contribution in [0, 0.1) is 5.92 Å². The number of carbonyl (C=O) groups excluding carboxylic acids is 1. The summed E-state index contributed by atoms with van der Waals surface area (Å²) < 4.78 is 38.5. The molecule has 2 aliphatic heterocycles. The molecule has 2 aliphatic rings. The fraction of sp³-hybridized carbons (Fsp3) is 0.458. The van der Waals surface area contributed by atoms with E-state index in [-0.39, 0.29) is 28.4 Å². The average Bonchev–Trinajstić information content (AvgIpc) is 2.78. The molecule has 1 atom stereocenters. The number of amides is 1. The van der Waals surface area contributed by atoms with E-state index in [9.17, 15) is 13.2 Å². The minimum atomic E-state index is -3.59. The zero-order valence-corrected chi connectivity index (χ0v) is 19.5. The van der Waals surface area contributed by atoms with Crippen LogP contribution in [-0.4, -0.2) is 44.4 Å². The van der Waals surface area contributed by atoms with E-state index in [2.05, 4.69) is 5.32 Å². The summed E-state index contributed by atoms with van der Waals surface area (Å²) in [5, 5.41) is 3.20. The lowest BCUT2D eigenvalue weighted by atomic mass is 9.88. The molecule has 0 radical (unpaired) electrons. The first-order valence-electron chi connectivity index (χ1n) is 10.9. The smallest absolute Gasteiger partial charge is 0.243 e. The third-order valence-corrected chi connectivity index (χ3v) is 8.13. The molecule has 2 aromatic carbocycles. The summed E-state index contributed by atoms with van der Waals surface area (Å²) in [7, 11) is -2.05. The van der Waals surface area contributed by atoms with Crippen LogP contribution in [0.4, 0.5) is 0 Å². The normalized spacial score (nSPS) is 21.3. The van der Waals surface area contributed by atoms with Gasteiger partial charge in [0.15, 0.2) is 0 Å². The fourth-order valence-electron chi connectivity index (χ4n) is 4.48. The van der Waals surface area contributed by atoms with Gasteiger partial charge in [0, 0.05) is 31.0 Å². The number of nitrogens with zero attached hydrogens (tertiary/aromatic N) is 1. The van der Waals surface area contributed by atoms with Crippen LogP contribution in [0.3, 0.4) is 0 Å². The van der Waals surface area contributed by atoms with Gasteiger partial charge in [0.2, 0.25) is 15.9 Å². The van der Waals surface area contributed by atoms with E-state index in [1.807, 2.05) is 38.1 Å². The molecule has 172 valence electrons. The van der Waals surface area contributed by atoms with Gasteiger partial charge >= 0.3 is 0 Å². The van der Waals surface area contributed by atoms with Crippen molar-refractivity contribution in [3.05, 3.63) is 54.1 Å². The quantitative estimate of drug-likeness (QED) is 0.741. The van der Waals surface area contributed by atoms with Gasteiger partial charge in [-0.15, -0.1) is 0 Å². The molecule has 32 heavy (non-hydrogen) atoms. The first kappa shape index (κ1) is 22.6. The molecule has 1 amide bonds. The van der Waals surface area contributed by atoms with Gasteiger partial charge in [-0.3, -0.25) is 4.79 Å². The minimum Gasteiger partial charge on any atom is -0.497 e. The van der Waals surface area contributed by atoms with Crippen molar-refractivity contribution in [2.45, 2.75) is 49.6 Å². The zero-order chi connectivity index (χ0) is 22.9. The molecular weight excluding hydrogens is 428 g/mol. The van der Waals surface area contributed by atoms with Crippen LogP contribution in [0.2, 0.25) is 0 Å². The molecule has 2 aromatic rings. The number of fused-ring (bicyclic) bond motifs is 1. The van der Waals surface area contributed by atoms with Crippen LogP contribution < -0.4 is 14.8 Å². The van der Waals surface area contributed by atoms with E-state index < -0.39 is 10.0 Å². The van der Waals surface area contributed by atoms with Crippen LogP contribution in [0.1, 0.15) is 44.7 Å². The SMILES string of the molecule is COc1ccc(S(=O)(=O)N2CCC(C(=O)N[C@H]3CC(C)(C)Oc4ccccc43)CC2)cc1. The van der Waals surface area contributed by atoms with E-state index in [1.165, 1.54) is 4.31 Å². The molecule has 1 saturated heterocycles. The molecular formula is C24H30N2O5S. The Labute approximate surface area is 189 Å². The Morgan fingerprint density at radius 3 is 2.41 bits per heavy atom. The lowest BCUT2D eigenvalue weighted by Crippen LogP contribution is -2.46. The predicted molar refractivity (Wildman–Crippen MR) is 121 cm³/mol. The Bertz CT molecular complexity index is 1070. The number of rotatable bonds is 5. The van der Waals surface area contributed by atoms with Crippen molar-refractivity contribution >= 4 is 15.9 Å². The first-order chi connectivity index (χ1) is 15.2. The molecule has 7 nitrogen and oxygen atoms in total. The topological polar surface area (TPSA) is 84.9 Å². The summed E-state index contributed by atoms with van der Waals surface area (Å²) in [4.78, 5) is 13.3. The van der Waals surface area contributed by atoms with Crippen molar-refractivity contribution in [2.75, 3.05) is 20.2 Å². The van der Waals surface area contributed by atoms with Crippen molar-refractivity contribution < 1.29 is 22.7 Å². The van der Waals surface area contributed by atoms with E-state index in [0.29, 0.717) is 38.1 Å². The van der Waals surface area contributed by atoms with Crippen molar-refractivity contribution in [1.29, 1.82) is 0 Å². The van der Waals surface area contributed by atoms with E-state index in [1.54, 1.807) is 31.4 Å². The first-order valence-corrected chi connectivity index (χ1v) is 12.4. The van der Waals surface area contributed by atoms with Gasteiger partial charge in [-0.25, -0.2) is 8.42 Å². The molecule has 0 aliphatic carbocycles. The molecule has 0 spiro atoms. The van der Waals surface area contributed by atoms with Gasteiger partial charge in [0.05, 0.1) is 18.0 Å². The maximum Gasteiger partial charge on any atom is 0.243 e. The third kappa shape index (κ3) is 4.61. The summed E-state index contributed by atoms with van der Waals surface area (Å²) in [6.07, 6.45) is 1.67. The van der Waals surface area contributed by atoms with E-state index in [4.69, 9.17) is 9.47 Å². The van der Waals surface area contributed by atoms with Crippen molar-refractivity contribution in [1.82, 2.24) is 9.62 Å². The Morgan fingerprint density at radius 2 is 1.75 bits per heavy atom. The highest BCUT2D eigenvalue weighted by Gasteiger charge is 2.37. The van der Waals surface area contributed by atoms with Crippen molar-refractivity contribution in [3.8, 4) is 11.5 Å². The second-order valence-electron chi connectivity index (χ2n) is 9.02. The number of ether oxygens (including phenoxy) is 2. The highest BCUT2D eigenvalue weighted by atomic mass is 32.2. The standard InChI is InChI=1S/C24H30N2O5S/c1-24(2)16-21(20-6-4-5-7-22(20)31-24)25-23(27)17-12-14-26(15-13-17)32(28,29)19-10-8-18(30-3)9-11-19/h4-11,17,21H,12-16H2,1-3H3,(H,25,27)/t21-/m0/s1. The van der Waals surface area contributed by atoms with E-state index >= 15 is 0 Å². The highest BCUT2D eigenvalue weighted by Crippen LogP contribution is 2.39. The largest absolute Gasteiger partial charge is 0.497 e. The molecule has 1 fully saturated rings. The van der Waals surface area contributed by atoms with Crippen LogP contribution in [0.25, 0.3) is 0 Å². The number of methoxy groups -OCH3 is 1. The lowest BCUT2D eigenvalue weighted by molar-refractivity contribution is -0.127. The fourth-order valence-corrected chi connectivity index (χ4v) is 5.95. The summed E-state index contributed by atoms with van der Waals surface area (Å²) in [6, 6.07) is 14.1. The number of piperidine rings is 1. The second kappa shape index (κ2) is 8.75. The van der Waals surface area contributed by atoms with Crippen molar-refractivity contribution in [3.63, 3.8) is 0 Å². The van der Waals surface area contributed by atoms with Crippen LogP contribution in [-0.2, 0) is 14.8 Å². The van der Waals surface area contributed by atoms with Gasteiger partial charge in [-0.1, -0.05) is 18.2 Å².